The van der Waals surface area contributed by atoms with Crippen molar-refractivity contribution < 1.29 is 38.1 Å². The highest BCUT2D eigenvalue weighted by Gasteiger charge is 2.34. The molecule has 0 aliphatic rings. The fourth-order valence-electron chi connectivity index (χ4n) is 3.33. The zero-order chi connectivity index (χ0) is 28.2. The Balaban J connectivity index is 3.41. The molecule has 0 saturated heterocycles. The second-order valence-electron chi connectivity index (χ2n) is 10.1. The zero-order valence-electron chi connectivity index (χ0n) is 23.8. The number of ether oxygens (including phenoxy) is 5. The molecule has 4 atom stereocenters. The average molecular weight is 541 g/mol. The number of hydrogen-bond donors (Lipinski definition) is 0. The second-order valence-corrected chi connectivity index (χ2v) is 11.2. The molecule has 1 aromatic rings. The highest BCUT2D eigenvalue weighted by Crippen LogP contribution is 2.35. The smallest absolute Gasteiger partial charge is 0.303 e. The van der Waals surface area contributed by atoms with Gasteiger partial charge in [-0.05, 0) is 42.9 Å². The highest BCUT2D eigenvalue weighted by molar-refractivity contribution is 7.99. The molecule has 9 heteroatoms. The zero-order valence-corrected chi connectivity index (χ0v) is 24.6. The minimum atomic E-state index is -0.801. The number of thioether (sulfide) groups is 1. The van der Waals surface area contributed by atoms with Crippen molar-refractivity contribution in [2.24, 2.45) is 0 Å². The molecule has 0 fully saturated rings. The summed E-state index contributed by atoms with van der Waals surface area (Å²) in [6.07, 6.45) is -0.445. The summed E-state index contributed by atoms with van der Waals surface area (Å²) in [6.45, 7) is 16.6. The number of carbonyl (C=O) groups excluding carboxylic acids is 3. The van der Waals surface area contributed by atoms with Crippen molar-refractivity contribution in [3.05, 3.63) is 29.3 Å². The number of benzene rings is 1. The van der Waals surface area contributed by atoms with E-state index in [4.69, 9.17) is 23.7 Å². The summed E-state index contributed by atoms with van der Waals surface area (Å²) < 4.78 is 28.5. The molecular formula is C28H44O8S. The Bertz CT molecular complexity index is 879. The van der Waals surface area contributed by atoms with Gasteiger partial charge < -0.3 is 23.7 Å². The van der Waals surface area contributed by atoms with Crippen molar-refractivity contribution in [3.8, 4) is 0 Å². The summed E-state index contributed by atoms with van der Waals surface area (Å²) >= 11 is 1.40. The molecule has 0 bridgehead atoms. The minimum Gasteiger partial charge on any atom is -0.463 e. The van der Waals surface area contributed by atoms with Crippen LogP contribution in [0.15, 0.2) is 23.1 Å². The van der Waals surface area contributed by atoms with Gasteiger partial charge in [-0.3, -0.25) is 14.4 Å². The maximum absolute atomic E-state index is 12.1. The minimum absolute atomic E-state index is 0.0698. The van der Waals surface area contributed by atoms with E-state index in [1.54, 1.807) is 6.92 Å². The van der Waals surface area contributed by atoms with Crippen molar-refractivity contribution in [1.82, 2.24) is 0 Å². The number of rotatable bonds is 15. The van der Waals surface area contributed by atoms with Crippen LogP contribution in [0.4, 0.5) is 0 Å². The van der Waals surface area contributed by atoms with Gasteiger partial charge in [-0.1, -0.05) is 58.0 Å². The van der Waals surface area contributed by atoms with Gasteiger partial charge in [0.15, 0.2) is 6.10 Å². The highest BCUT2D eigenvalue weighted by atomic mass is 32.2. The van der Waals surface area contributed by atoms with Crippen molar-refractivity contribution in [1.29, 1.82) is 0 Å². The van der Waals surface area contributed by atoms with E-state index in [2.05, 4.69) is 45.9 Å². The summed E-state index contributed by atoms with van der Waals surface area (Å²) in [5.74, 6) is -1.44. The number of carbonyl (C=O) groups is 3. The monoisotopic (exact) mass is 540 g/mol. The maximum atomic E-state index is 12.1. The Morgan fingerprint density at radius 3 is 2.14 bits per heavy atom. The first-order valence-electron chi connectivity index (χ1n) is 12.7. The lowest BCUT2D eigenvalue weighted by Crippen LogP contribution is -2.43. The first-order valence-corrected chi connectivity index (χ1v) is 13.6. The van der Waals surface area contributed by atoms with Crippen LogP contribution in [0.25, 0.3) is 0 Å². The molecule has 1 aromatic carbocycles. The van der Waals surface area contributed by atoms with Crippen LogP contribution in [-0.4, -0.2) is 61.5 Å². The van der Waals surface area contributed by atoms with Crippen molar-refractivity contribution >= 4 is 29.7 Å². The topological polar surface area (TPSA) is 97.4 Å². The third-order valence-corrected chi connectivity index (χ3v) is 6.82. The Morgan fingerprint density at radius 1 is 0.946 bits per heavy atom. The van der Waals surface area contributed by atoms with Crippen LogP contribution in [0.3, 0.4) is 0 Å². The predicted octanol–water partition coefficient (Wildman–Crippen LogP) is 5.36. The second kappa shape index (κ2) is 16.0. The maximum Gasteiger partial charge on any atom is 0.303 e. The van der Waals surface area contributed by atoms with Gasteiger partial charge in [-0.25, -0.2) is 0 Å². The molecule has 0 saturated carbocycles. The van der Waals surface area contributed by atoms with Gasteiger partial charge in [-0.2, -0.15) is 0 Å². The molecule has 37 heavy (non-hydrogen) atoms. The first kappa shape index (κ1) is 32.9. The van der Waals surface area contributed by atoms with E-state index in [1.807, 2.05) is 6.92 Å². The van der Waals surface area contributed by atoms with Gasteiger partial charge in [0, 0.05) is 32.3 Å². The van der Waals surface area contributed by atoms with Gasteiger partial charge in [-0.15, -0.1) is 0 Å². The molecule has 1 unspecified atom stereocenters. The van der Waals surface area contributed by atoms with Crippen LogP contribution in [0.5, 0.6) is 0 Å². The number of aryl methyl sites for hydroxylation is 1. The molecule has 0 radical (unpaired) electrons. The molecule has 0 amide bonds. The molecule has 0 spiro atoms. The summed E-state index contributed by atoms with van der Waals surface area (Å²) in [5, 5.41) is 0. The lowest BCUT2D eigenvalue weighted by Gasteiger charge is -2.32. The Labute approximate surface area is 226 Å². The van der Waals surface area contributed by atoms with Gasteiger partial charge in [0.25, 0.3) is 0 Å². The molecule has 0 aliphatic carbocycles. The van der Waals surface area contributed by atoms with Crippen LogP contribution in [0.2, 0.25) is 0 Å². The molecule has 210 valence electrons. The SMILES string of the molecule is CCCCOC[C@H](OC(C)=O)[C@@H](OC(COC(C)=O)[C@H](C)OC(C)=O)Sc1cc(C(C)(C)C)ccc1C. The summed E-state index contributed by atoms with van der Waals surface area (Å²) in [4.78, 5) is 36.2. The predicted molar refractivity (Wildman–Crippen MR) is 144 cm³/mol. The van der Waals surface area contributed by atoms with E-state index < -0.39 is 41.7 Å². The largest absolute Gasteiger partial charge is 0.463 e. The fraction of sp³-hybridized carbons (Fsp3) is 0.679. The Morgan fingerprint density at radius 2 is 1.59 bits per heavy atom. The van der Waals surface area contributed by atoms with Crippen molar-refractivity contribution in [2.75, 3.05) is 19.8 Å². The van der Waals surface area contributed by atoms with Crippen LogP contribution in [0.1, 0.15) is 79.4 Å². The molecule has 1 rings (SSSR count). The Hall–Kier alpha value is -2.10. The summed E-state index contributed by atoms with van der Waals surface area (Å²) in [5.41, 5.74) is 1.37. The molecule has 0 N–H and O–H groups in total. The normalized spacial score (nSPS) is 14.8. The van der Waals surface area contributed by atoms with Crippen LogP contribution < -0.4 is 0 Å². The van der Waals surface area contributed by atoms with E-state index >= 15 is 0 Å². The lowest BCUT2D eigenvalue weighted by atomic mass is 9.87. The average Bonchev–Trinajstić information content (AvgIpc) is 2.77. The van der Waals surface area contributed by atoms with Gasteiger partial charge in [0.1, 0.15) is 24.3 Å². The quantitative estimate of drug-likeness (QED) is 0.0957. The molecular weight excluding hydrogens is 496 g/mol. The van der Waals surface area contributed by atoms with E-state index in [0.717, 1.165) is 28.9 Å². The van der Waals surface area contributed by atoms with Crippen LogP contribution in [0, 0.1) is 6.92 Å². The van der Waals surface area contributed by atoms with E-state index in [-0.39, 0.29) is 18.6 Å². The van der Waals surface area contributed by atoms with Crippen molar-refractivity contribution in [3.63, 3.8) is 0 Å². The third kappa shape index (κ3) is 12.8. The molecule has 0 aliphatic heterocycles. The van der Waals surface area contributed by atoms with E-state index in [1.165, 1.54) is 32.5 Å². The molecule has 0 aromatic heterocycles. The molecule has 8 nitrogen and oxygen atoms in total. The van der Waals surface area contributed by atoms with Crippen LogP contribution in [-0.2, 0) is 43.5 Å². The van der Waals surface area contributed by atoms with Crippen molar-refractivity contribution in [2.45, 2.75) is 109 Å². The fourth-order valence-corrected chi connectivity index (χ4v) is 4.52. The Kier molecular flexibility index (Phi) is 14.2. The van der Waals surface area contributed by atoms with E-state index in [0.29, 0.717) is 6.61 Å². The lowest BCUT2D eigenvalue weighted by molar-refractivity contribution is -0.173. The van der Waals surface area contributed by atoms with E-state index in [9.17, 15) is 14.4 Å². The third-order valence-electron chi connectivity index (χ3n) is 5.48. The molecule has 0 heterocycles. The van der Waals surface area contributed by atoms with Gasteiger partial charge >= 0.3 is 17.9 Å². The standard InChI is InChI=1S/C28H44O8S/c1-10-11-14-32-16-25(35-22(6)31)27(36-24(17-33-20(4)29)19(3)34-21(5)30)37-26-15-23(28(7,8)9)13-12-18(26)2/h12-13,15,19,24-25,27H,10-11,14,16-17H2,1-9H3/t19-,24?,25-,27-/m0/s1. The summed E-state index contributed by atoms with van der Waals surface area (Å²) in [6, 6.07) is 6.25. The van der Waals surface area contributed by atoms with Gasteiger partial charge in [0.2, 0.25) is 0 Å². The van der Waals surface area contributed by atoms with Gasteiger partial charge in [0.05, 0.1) is 6.61 Å². The van der Waals surface area contributed by atoms with Crippen LogP contribution >= 0.6 is 11.8 Å². The number of esters is 3. The summed E-state index contributed by atoms with van der Waals surface area (Å²) in [7, 11) is 0. The number of unbranched alkanes of at least 4 members (excludes halogenated alkanes) is 1. The number of hydrogen-bond acceptors (Lipinski definition) is 9. The first-order chi connectivity index (χ1) is 17.2.